The zero-order chi connectivity index (χ0) is 29.9. The second-order valence-electron chi connectivity index (χ2n) is 9.75. The number of halogens is 2. The summed E-state index contributed by atoms with van der Waals surface area (Å²) in [6.45, 7) is 2.72. The van der Waals surface area contributed by atoms with E-state index in [1.54, 1.807) is 38.1 Å². The molecular weight excluding hydrogens is 731 g/mol. The quantitative estimate of drug-likeness (QED) is 0.304. The molecule has 11 nitrogen and oxygen atoms in total. The molecule has 2 heterocycles. The van der Waals surface area contributed by atoms with Gasteiger partial charge >= 0.3 is 8.25 Å². The minimum absolute atomic E-state index is 0.0332. The van der Waals surface area contributed by atoms with Crippen LogP contribution in [-0.2, 0) is 47.5 Å². The van der Waals surface area contributed by atoms with Crippen molar-refractivity contribution in [3.8, 4) is 0 Å². The maximum atomic E-state index is 13.2. The van der Waals surface area contributed by atoms with Crippen molar-refractivity contribution in [2.75, 3.05) is 13.2 Å². The van der Waals surface area contributed by atoms with Gasteiger partial charge in [0, 0.05) is 26.4 Å². The lowest BCUT2D eigenvalue weighted by Gasteiger charge is -2.19. The lowest BCUT2D eigenvalue weighted by Crippen LogP contribution is -2.31. The summed E-state index contributed by atoms with van der Waals surface area (Å²) in [7, 11) is -10.6. The van der Waals surface area contributed by atoms with Gasteiger partial charge in [-0.25, -0.2) is 16.8 Å². The van der Waals surface area contributed by atoms with Gasteiger partial charge in [-0.05, 0) is 62.4 Å². The minimum atomic E-state index is -3.92. The van der Waals surface area contributed by atoms with Gasteiger partial charge in [-0.2, -0.15) is 0 Å². The Hall–Kier alpha value is -0.840. The Kier molecular flexibility index (Phi) is 11.2. The van der Waals surface area contributed by atoms with Crippen LogP contribution in [0.4, 0.5) is 0 Å². The molecule has 0 spiro atoms. The van der Waals surface area contributed by atoms with E-state index in [0.29, 0.717) is 4.47 Å². The highest BCUT2D eigenvalue weighted by atomic mass is 79.9. The van der Waals surface area contributed by atoms with Gasteiger partial charge in [0.05, 0.1) is 28.6 Å². The molecule has 0 amide bonds. The van der Waals surface area contributed by atoms with Gasteiger partial charge in [-0.1, -0.05) is 31.9 Å². The Morgan fingerprint density at radius 2 is 1.32 bits per heavy atom. The van der Waals surface area contributed by atoms with E-state index in [0.717, 1.165) is 4.47 Å². The fourth-order valence-electron chi connectivity index (χ4n) is 4.50. The van der Waals surface area contributed by atoms with Gasteiger partial charge in [0.25, 0.3) is 0 Å². The summed E-state index contributed by atoms with van der Waals surface area (Å²) >= 11 is 6.55. The minimum Gasteiger partial charge on any atom is -0.394 e. The van der Waals surface area contributed by atoms with Crippen molar-refractivity contribution in [1.82, 2.24) is 0 Å². The average Bonchev–Trinajstić information content (AvgIpc) is 3.52. The number of benzene rings is 2. The van der Waals surface area contributed by atoms with Crippen molar-refractivity contribution in [3.63, 3.8) is 0 Å². The van der Waals surface area contributed by atoms with Crippen LogP contribution in [0, 0.1) is 0 Å². The van der Waals surface area contributed by atoms with Crippen LogP contribution in [0.15, 0.2) is 67.3 Å². The molecule has 3 unspecified atom stereocenters. The molecule has 2 aliphatic heterocycles. The summed E-state index contributed by atoms with van der Waals surface area (Å²) in [6.07, 6.45) is -3.98. The van der Waals surface area contributed by atoms with Crippen molar-refractivity contribution >= 4 is 59.8 Å². The van der Waals surface area contributed by atoms with E-state index in [4.69, 9.17) is 23.3 Å². The molecule has 0 radical (unpaired) electrons. The predicted molar refractivity (Wildman–Crippen MR) is 155 cm³/mol. The molecule has 16 heteroatoms. The first-order valence-corrected chi connectivity index (χ1v) is 18.4. The number of aliphatic hydroxyl groups is 1. The van der Waals surface area contributed by atoms with Crippen molar-refractivity contribution in [2.24, 2.45) is 0 Å². The zero-order valence-corrected chi connectivity index (χ0v) is 27.7. The molecular formula is C25H30Br2O11PS2+. The standard InChI is InChI=1S/C25H30Br2O11PS2/c1-15(2)35-20-11-24(40(30,31)18-7-3-16(26)4-8-18)37-23(20)14-34-39(29)38-21-12-25(36-22(21)13-28)41(32,33)19-9-5-17(27)6-10-19/h3-10,15,20-25,28H,11-14H2,1-2H3/q+1/t20?,21?,22-,23-,24+,25+/m1/s1. The van der Waals surface area contributed by atoms with Gasteiger partial charge in [0.1, 0.15) is 24.9 Å². The fourth-order valence-corrected chi connectivity index (χ4v) is 8.90. The molecule has 2 fully saturated rings. The van der Waals surface area contributed by atoms with Crippen LogP contribution < -0.4 is 0 Å². The SMILES string of the molecule is CC(C)OC1C[C@H](S(=O)(=O)c2ccc(Br)cc2)O[C@@H]1CO[P+](=O)OC1C[C@H](S(=O)(=O)c2ccc(Br)cc2)O[C@@H]1CO. The molecule has 0 bridgehead atoms. The summed E-state index contributed by atoms with van der Waals surface area (Å²) in [5.74, 6) is 0. The summed E-state index contributed by atoms with van der Waals surface area (Å²) in [6, 6.07) is 12.2. The Morgan fingerprint density at radius 1 is 0.854 bits per heavy atom. The number of ether oxygens (including phenoxy) is 3. The van der Waals surface area contributed by atoms with Crippen LogP contribution in [0.3, 0.4) is 0 Å². The first kappa shape index (κ1) is 33.1. The molecule has 2 aliphatic rings. The second kappa shape index (κ2) is 13.9. The molecule has 41 heavy (non-hydrogen) atoms. The molecule has 2 aromatic rings. The topological polar surface area (TPSA) is 152 Å². The van der Waals surface area contributed by atoms with E-state index in [-0.39, 0.29) is 35.3 Å². The molecule has 2 saturated heterocycles. The van der Waals surface area contributed by atoms with Gasteiger partial charge < -0.3 is 19.3 Å². The van der Waals surface area contributed by atoms with E-state index in [1.165, 1.54) is 24.3 Å². The third kappa shape index (κ3) is 8.01. The van der Waals surface area contributed by atoms with E-state index >= 15 is 0 Å². The zero-order valence-electron chi connectivity index (χ0n) is 22.0. The summed E-state index contributed by atoms with van der Waals surface area (Å²) < 4.78 is 94.7. The predicted octanol–water partition coefficient (Wildman–Crippen LogP) is 4.53. The average molecular weight is 761 g/mol. The maximum Gasteiger partial charge on any atom is 0.697 e. The number of hydrogen-bond donors (Lipinski definition) is 1. The van der Waals surface area contributed by atoms with Crippen LogP contribution >= 0.6 is 40.1 Å². The van der Waals surface area contributed by atoms with E-state index < -0.39 is 69.8 Å². The summed E-state index contributed by atoms with van der Waals surface area (Å²) in [4.78, 5) is 0.125. The molecule has 0 saturated carbocycles. The molecule has 1 N–H and O–H groups in total. The molecule has 2 aromatic carbocycles. The Labute approximate surface area is 256 Å². The van der Waals surface area contributed by atoms with Crippen LogP contribution in [0.1, 0.15) is 26.7 Å². The normalized spacial score (nSPS) is 27.4. The van der Waals surface area contributed by atoms with Gasteiger partial charge in [-0.15, -0.1) is 9.05 Å². The largest absolute Gasteiger partial charge is 0.697 e. The monoisotopic (exact) mass is 759 g/mol. The van der Waals surface area contributed by atoms with E-state index in [9.17, 15) is 26.5 Å². The first-order valence-electron chi connectivity index (χ1n) is 12.6. The van der Waals surface area contributed by atoms with E-state index in [1.807, 2.05) is 0 Å². The number of aliphatic hydroxyl groups excluding tert-OH is 1. The van der Waals surface area contributed by atoms with Gasteiger partial charge in [0.15, 0.2) is 10.9 Å². The van der Waals surface area contributed by atoms with Gasteiger partial charge in [0.2, 0.25) is 19.7 Å². The van der Waals surface area contributed by atoms with Crippen molar-refractivity contribution < 1.29 is 49.8 Å². The van der Waals surface area contributed by atoms with Crippen LogP contribution in [0.25, 0.3) is 0 Å². The number of sulfone groups is 2. The number of rotatable bonds is 12. The molecule has 7 atom stereocenters. The second-order valence-corrected chi connectivity index (χ2v) is 16.7. The first-order chi connectivity index (χ1) is 19.3. The molecule has 226 valence electrons. The highest BCUT2D eigenvalue weighted by molar-refractivity contribution is 9.10. The third-order valence-corrected chi connectivity index (χ3v) is 12.2. The molecule has 0 aromatic heterocycles. The van der Waals surface area contributed by atoms with Crippen LogP contribution in [-0.4, -0.2) is 76.5 Å². The fraction of sp³-hybridized carbons (Fsp3) is 0.520. The summed E-state index contributed by atoms with van der Waals surface area (Å²) in [5.41, 5.74) is -2.52. The van der Waals surface area contributed by atoms with Crippen LogP contribution in [0.5, 0.6) is 0 Å². The highest BCUT2D eigenvalue weighted by Gasteiger charge is 2.49. The maximum absolute atomic E-state index is 13.2. The molecule has 0 aliphatic carbocycles. The Morgan fingerprint density at radius 3 is 1.78 bits per heavy atom. The lowest BCUT2D eigenvalue weighted by molar-refractivity contribution is -0.0564. The summed E-state index contributed by atoms with van der Waals surface area (Å²) in [5, 5.41) is 9.74. The van der Waals surface area contributed by atoms with Crippen molar-refractivity contribution in [2.45, 2.75) is 77.9 Å². The smallest absolute Gasteiger partial charge is 0.394 e. The van der Waals surface area contributed by atoms with E-state index in [2.05, 4.69) is 31.9 Å². The third-order valence-electron chi connectivity index (χ3n) is 6.50. The van der Waals surface area contributed by atoms with Crippen LogP contribution in [0.2, 0.25) is 0 Å². The molecule has 4 rings (SSSR count). The highest BCUT2D eigenvalue weighted by Crippen LogP contribution is 2.39. The van der Waals surface area contributed by atoms with Crippen molar-refractivity contribution in [1.29, 1.82) is 0 Å². The number of hydrogen-bond acceptors (Lipinski definition) is 11. The Balaban J connectivity index is 1.38. The van der Waals surface area contributed by atoms with Gasteiger partial charge in [-0.3, -0.25) is 0 Å². The van der Waals surface area contributed by atoms with Crippen molar-refractivity contribution in [3.05, 3.63) is 57.5 Å². The Bertz CT molecular complexity index is 1420. The lowest BCUT2D eigenvalue weighted by atomic mass is 10.2.